The maximum atomic E-state index is 5.40. The Morgan fingerprint density at radius 1 is 0.941 bits per heavy atom. The minimum atomic E-state index is 0.456. The van der Waals surface area contributed by atoms with Crippen LogP contribution in [-0.2, 0) is 0 Å². The molecule has 0 atom stereocenters. The Morgan fingerprint density at radius 3 is 2.47 bits per heavy atom. The number of thiocarbonyl (C=S) groups is 1. The molecule has 0 saturated carbocycles. The monoisotopic (exact) mass is 463 g/mol. The number of anilines is 1. The molecule has 0 amide bonds. The van der Waals surface area contributed by atoms with E-state index >= 15 is 0 Å². The van der Waals surface area contributed by atoms with Crippen LogP contribution in [0.2, 0.25) is 0 Å². The van der Waals surface area contributed by atoms with E-state index in [-0.39, 0.29) is 0 Å². The highest BCUT2D eigenvalue weighted by atomic mass is 32.1. The van der Waals surface area contributed by atoms with Gasteiger partial charge in [0.05, 0.1) is 17.2 Å². The molecule has 6 heteroatoms. The van der Waals surface area contributed by atoms with Crippen LogP contribution >= 0.6 is 12.2 Å². The predicted molar refractivity (Wildman–Crippen MR) is 146 cm³/mol. The van der Waals surface area contributed by atoms with Gasteiger partial charge in [-0.1, -0.05) is 54.1 Å². The van der Waals surface area contributed by atoms with Crippen molar-refractivity contribution in [3.8, 4) is 5.69 Å². The van der Waals surface area contributed by atoms with Crippen LogP contribution in [0, 0.1) is 20.8 Å². The second-order valence-electron chi connectivity index (χ2n) is 8.45. The second kappa shape index (κ2) is 9.08. The Morgan fingerprint density at radius 2 is 1.71 bits per heavy atom. The number of nitrogens with zero attached hydrogens (tertiary/aromatic N) is 3. The van der Waals surface area contributed by atoms with Gasteiger partial charge in [-0.05, 0) is 79.3 Å². The zero-order valence-electron chi connectivity index (χ0n) is 19.3. The quantitative estimate of drug-likeness (QED) is 0.183. The van der Waals surface area contributed by atoms with E-state index in [0.29, 0.717) is 5.11 Å². The van der Waals surface area contributed by atoms with Gasteiger partial charge in [0.2, 0.25) is 0 Å². The van der Waals surface area contributed by atoms with Crippen molar-refractivity contribution in [1.29, 1.82) is 0 Å². The van der Waals surface area contributed by atoms with Gasteiger partial charge in [-0.25, -0.2) is 4.98 Å². The SMILES string of the molecule is Cc1ccc(-n2cnc3c4ccc(/C=N/NC(=S)Nc5c(C)cccc5C)cc4ccc32)cc1. The van der Waals surface area contributed by atoms with E-state index in [1.807, 2.05) is 18.5 Å². The number of benzene rings is 4. The molecule has 5 aromatic rings. The summed E-state index contributed by atoms with van der Waals surface area (Å²) in [6.45, 7) is 6.20. The molecule has 0 radical (unpaired) electrons. The molecule has 0 saturated heterocycles. The number of hydrazone groups is 1. The van der Waals surface area contributed by atoms with Crippen molar-refractivity contribution >= 4 is 51.0 Å². The van der Waals surface area contributed by atoms with E-state index in [2.05, 4.69) is 102 Å². The average molecular weight is 464 g/mol. The maximum absolute atomic E-state index is 5.40. The lowest BCUT2D eigenvalue weighted by molar-refractivity contribution is 1.05. The predicted octanol–water partition coefficient (Wildman–Crippen LogP) is 6.42. The Balaban J connectivity index is 1.35. The van der Waals surface area contributed by atoms with Gasteiger partial charge in [-0.15, -0.1) is 0 Å². The highest BCUT2D eigenvalue weighted by Crippen LogP contribution is 2.27. The second-order valence-corrected chi connectivity index (χ2v) is 8.86. The third-order valence-corrected chi connectivity index (χ3v) is 6.16. The van der Waals surface area contributed by atoms with Crippen molar-refractivity contribution in [2.45, 2.75) is 20.8 Å². The van der Waals surface area contributed by atoms with Crippen LogP contribution in [0.3, 0.4) is 0 Å². The number of para-hydroxylation sites is 1. The highest BCUT2D eigenvalue weighted by molar-refractivity contribution is 7.80. The molecular weight excluding hydrogens is 438 g/mol. The van der Waals surface area contributed by atoms with Crippen LogP contribution in [0.25, 0.3) is 27.5 Å². The van der Waals surface area contributed by atoms with Crippen molar-refractivity contribution in [2.24, 2.45) is 5.10 Å². The summed E-state index contributed by atoms with van der Waals surface area (Å²) in [5.74, 6) is 0. The van der Waals surface area contributed by atoms with Crippen molar-refractivity contribution in [3.63, 3.8) is 0 Å². The first-order chi connectivity index (χ1) is 16.5. The molecule has 0 unspecified atom stereocenters. The van der Waals surface area contributed by atoms with Gasteiger partial charge in [0, 0.05) is 16.8 Å². The summed E-state index contributed by atoms with van der Waals surface area (Å²) in [6, 6.07) is 25.1. The number of nitrogens with one attached hydrogen (secondary N) is 2. The topological polar surface area (TPSA) is 54.2 Å². The number of aryl methyl sites for hydroxylation is 3. The van der Waals surface area contributed by atoms with Crippen molar-refractivity contribution in [2.75, 3.05) is 5.32 Å². The first-order valence-electron chi connectivity index (χ1n) is 11.1. The fraction of sp³-hybridized carbons (Fsp3) is 0.107. The molecule has 0 aliphatic rings. The molecule has 168 valence electrons. The van der Waals surface area contributed by atoms with Crippen LogP contribution in [0.4, 0.5) is 5.69 Å². The molecule has 0 fully saturated rings. The standard InChI is InChI=1S/C28H25N5S/c1-18-7-11-23(12-8-18)33-17-29-27-24-13-9-21(15-22(24)10-14-25(27)33)16-30-32-28(34)31-26-19(2)5-4-6-20(26)3/h4-17H,1-3H3,(H2,31,32,34)/b30-16+. The van der Waals surface area contributed by atoms with Crippen molar-refractivity contribution in [1.82, 2.24) is 15.0 Å². The van der Waals surface area contributed by atoms with E-state index in [0.717, 1.165) is 49.9 Å². The maximum Gasteiger partial charge on any atom is 0.191 e. The van der Waals surface area contributed by atoms with E-state index in [9.17, 15) is 0 Å². The highest BCUT2D eigenvalue weighted by Gasteiger charge is 2.09. The molecular formula is C28H25N5S. The summed E-state index contributed by atoms with van der Waals surface area (Å²) >= 11 is 5.40. The molecule has 1 aromatic heterocycles. The lowest BCUT2D eigenvalue weighted by Crippen LogP contribution is -2.24. The molecule has 0 spiro atoms. The van der Waals surface area contributed by atoms with Gasteiger partial charge in [-0.3, -0.25) is 9.99 Å². The van der Waals surface area contributed by atoms with E-state index in [1.165, 1.54) is 5.56 Å². The van der Waals surface area contributed by atoms with E-state index in [1.54, 1.807) is 6.21 Å². The Bertz CT molecular complexity index is 1530. The zero-order valence-corrected chi connectivity index (χ0v) is 20.1. The normalized spacial score (nSPS) is 11.4. The minimum absolute atomic E-state index is 0.456. The summed E-state index contributed by atoms with van der Waals surface area (Å²) in [6.07, 6.45) is 3.66. The smallest absolute Gasteiger partial charge is 0.191 e. The number of hydrogen-bond acceptors (Lipinski definition) is 3. The van der Waals surface area contributed by atoms with Crippen LogP contribution < -0.4 is 10.7 Å². The van der Waals surface area contributed by atoms with E-state index < -0.39 is 0 Å². The Kier molecular flexibility index (Phi) is 5.82. The van der Waals surface area contributed by atoms with Crippen molar-refractivity contribution in [3.05, 3.63) is 101 Å². The lowest BCUT2D eigenvalue weighted by atomic mass is 10.1. The molecule has 0 aliphatic carbocycles. The van der Waals surface area contributed by atoms with Gasteiger partial charge in [0.15, 0.2) is 5.11 Å². The number of imidazole rings is 1. The number of aromatic nitrogens is 2. The summed E-state index contributed by atoms with van der Waals surface area (Å²) in [7, 11) is 0. The molecule has 0 aliphatic heterocycles. The lowest BCUT2D eigenvalue weighted by Gasteiger charge is -2.12. The van der Waals surface area contributed by atoms with Crippen LogP contribution in [-0.4, -0.2) is 20.9 Å². The first-order valence-corrected chi connectivity index (χ1v) is 11.5. The first kappa shape index (κ1) is 21.8. The summed E-state index contributed by atoms with van der Waals surface area (Å²) in [5, 5.41) is 10.2. The van der Waals surface area contributed by atoms with Crippen LogP contribution in [0.1, 0.15) is 22.3 Å². The van der Waals surface area contributed by atoms with E-state index in [4.69, 9.17) is 17.2 Å². The van der Waals surface area contributed by atoms with Crippen LogP contribution in [0.15, 0.2) is 84.2 Å². The van der Waals surface area contributed by atoms with Gasteiger partial charge in [0.25, 0.3) is 0 Å². The number of fused-ring (bicyclic) bond motifs is 3. The summed E-state index contributed by atoms with van der Waals surface area (Å²) < 4.78 is 2.12. The molecule has 34 heavy (non-hydrogen) atoms. The molecule has 5 nitrogen and oxygen atoms in total. The average Bonchev–Trinajstić information content (AvgIpc) is 3.26. The summed E-state index contributed by atoms with van der Waals surface area (Å²) in [4.78, 5) is 4.71. The third kappa shape index (κ3) is 4.28. The fourth-order valence-electron chi connectivity index (χ4n) is 4.14. The minimum Gasteiger partial charge on any atom is -0.331 e. The Hall–Kier alpha value is -4.03. The summed E-state index contributed by atoms with van der Waals surface area (Å²) in [5.41, 5.74) is 11.6. The fourth-order valence-corrected chi connectivity index (χ4v) is 4.29. The molecule has 0 bridgehead atoms. The van der Waals surface area contributed by atoms with Crippen LogP contribution in [0.5, 0.6) is 0 Å². The molecule has 1 heterocycles. The van der Waals surface area contributed by atoms with Crippen molar-refractivity contribution < 1.29 is 0 Å². The van der Waals surface area contributed by atoms with Gasteiger partial charge in [0.1, 0.15) is 6.33 Å². The number of rotatable bonds is 4. The molecule has 4 aromatic carbocycles. The molecule has 5 rings (SSSR count). The Labute approximate surface area is 204 Å². The van der Waals surface area contributed by atoms with Gasteiger partial charge < -0.3 is 5.32 Å². The molecule has 2 N–H and O–H groups in total. The number of hydrogen-bond donors (Lipinski definition) is 2. The zero-order chi connectivity index (χ0) is 23.7. The van der Waals surface area contributed by atoms with Gasteiger partial charge in [-0.2, -0.15) is 5.10 Å². The van der Waals surface area contributed by atoms with Gasteiger partial charge >= 0.3 is 0 Å². The largest absolute Gasteiger partial charge is 0.331 e. The third-order valence-electron chi connectivity index (χ3n) is 5.97.